The molecular weight excluding hydrogens is 130 g/mol. The van der Waals surface area contributed by atoms with Crippen molar-refractivity contribution in [2.45, 2.75) is 24.6 Å². The van der Waals surface area contributed by atoms with Crippen LogP contribution in [0.3, 0.4) is 0 Å². The molecule has 3 unspecified atom stereocenters. The average molecular weight is 138 g/mol. The maximum atomic E-state index is 9.15. The van der Waals surface area contributed by atoms with Gasteiger partial charge in [0, 0.05) is 6.00 Å². The number of aliphatic hydroxyl groups excluding tert-OH is 1. The maximum absolute atomic E-state index is 9.15. The summed E-state index contributed by atoms with van der Waals surface area (Å²) in [7, 11) is 10.2. The molecule has 0 aromatic rings. The van der Waals surface area contributed by atoms with Crippen LogP contribution in [0.2, 0.25) is 0 Å². The summed E-state index contributed by atoms with van der Waals surface area (Å²) in [5.41, 5.74) is 0. The summed E-state index contributed by atoms with van der Waals surface area (Å²) in [5, 5.41) is 9.15. The molecule has 0 bridgehead atoms. The molecule has 0 amide bonds. The Morgan fingerprint density at radius 3 is 2.80 bits per heavy atom. The van der Waals surface area contributed by atoms with Gasteiger partial charge < -0.3 is 14.5 Å². The SMILES string of the molecule is [B]OCC1OC([B])CC1O. The van der Waals surface area contributed by atoms with Crippen LogP contribution in [0.1, 0.15) is 6.42 Å². The first-order chi connectivity index (χ1) is 4.74. The van der Waals surface area contributed by atoms with Gasteiger partial charge in [-0.3, -0.25) is 0 Å². The third-order valence-corrected chi connectivity index (χ3v) is 1.51. The molecule has 0 saturated carbocycles. The number of hydrogen-bond donors (Lipinski definition) is 1. The van der Waals surface area contributed by atoms with Crippen LogP contribution in [0.15, 0.2) is 0 Å². The maximum Gasteiger partial charge on any atom is 0.282 e. The fraction of sp³-hybridized carbons (Fsp3) is 1.00. The first-order valence-corrected chi connectivity index (χ1v) is 3.15. The highest BCUT2D eigenvalue weighted by atomic mass is 16.5. The Morgan fingerprint density at radius 1 is 1.70 bits per heavy atom. The van der Waals surface area contributed by atoms with Gasteiger partial charge in [0.25, 0.3) is 8.05 Å². The van der Waals surface area contributed by atoms with Gasteiger partial charge in [0.15, 0.2) is 0 Å². The lowest BCUT2D eigenvalue weighted by molar-refractivity contribution is 0.00437. The molecule has 1 aliphatic heterocycles. The quantitative estimate of drug-likeness (QED) is 0.483. The van der Waals surface area contributed by atoms with Gasteiger partial charge in [-0.25, -0.2) is 0 Å². The molecule has 1 saturated heterocycles. The second-order valence-electron chi connectivity index (χ2n) is 2.35. The van der Waals surface area contributed by atoms with Gasteiger partial charge in [0.05, 0.1) is 12.7 Å². The fourth-order valence-corrected chi connectivity index (χ4v) is 1.01. The first kappa shape index (κ1) is 8.11. The minimum absolute atomic E-state index is 0.189. The summed E-state index contributed by atoms with van der Waals surface area (Å²) in [6, 6.07) is -0.379. The van der Waals surface area contributed by atoms with E-state index >= 15 is 0 Å². The number of hydrogen-bond acceptors (Lipinski definition) is 3. The van der Waals surface area contributed by atoms with E-state index in [4.69, 9.17) is 25.7 Å². The van der Waals surface area contributed by atoms with Gasteiger partial charge in [0.2, 0.25) is 0 Å². The zero-order chi connectivity index (χ0) is 7.56. The van der Waals surface area contributed by atoms with Gasteiger partial charge in [-0.1, -0.05) is 0 Å². The first-order valence-electron chi connectivity index (χ1n) is 3.15. The smallest absolute Gasteiger partial charge is 0.282 e. The Kier molecular flexibility index (Phi) is 2.77. The molecule has 4 radical (unpaired) electrons. The Balaban J connectivity index is 2.31. The second-order valence-corrected chi connectivity index (χ2v) is 2.35. The monoisotopic (exact) mass is 138 g/mol. The van der Waals surface area contributed by atoms with E-state index < -0.39 is 6.10 Å². The predicted molar refractivity (Wildman–Crippen MR) is 36.7 cm³/mol. The van der Waals surface area contributed by atoms with Crippen LogP contribution < -0.4 is 0 Å². The van der Waals surface area contributed by atoms with E-state index in [9.17, 15) is 0 Å². The molecule has 1 rings (SSSR count). The van der Waals surface area contributed by atoms with Crippen molar-refractivity contribution in [3.63, 3.8) is 0 Å². The van der Waals surface area contributed by atoms with Crippen molar-refractivity contribution in [3.05, 3.63) is 0 Å². The molecule has 1 heterocycles. The van der Waals surface area contributed by atoms with Crippen molar-refractivity contribution in [2.75, 3.05) is 6.61 Å². The van der Waals surface area contributed by atoms with Crippen LogP contribution in [0.4, 0.5) is 0 Å². The molecule has 10 heavy (non-hydrogen) atoms. The molecule has 1 fully saturated rings. The molecular formula is C5H8B2O3. The van der Waals surface area contributed by atoms with Crippen LogP contribution >= 0.6 is 0 Å². The molecule has 0 aliphatic carbocycles. The highest BCUT2D eigenvalue weighted by Gasteiger charge is 2.30. The zero-order valence-electron chi connectivity index (χ0n) is 5.56. The van der Waals surface area contributed by atoms with Gasteiger partial charge in [0.1, 0.15) is 14.0 Å². The molecule has 52 valence electrons. The van der Waals surface area contributed by atoms with E-state index in [0.717, 1.165) is 0 Å². The van der Waals surface area contributed by atoms with Crippen molar-refractivity contribution in [2.24, 2.45) is 0 Å². The highest BCUT2D eigenvalue weighted by Crippen LogP contribution is 2.17. The topological polar surface area (TPSA) is 38.7 Å². The molecule has 5 heteroatoms. The number of ether oxygens (including phenoxy) is 1. The van der Waals surface area contributed by atoms with Crippen LogP contribution in [-0.4, -0.2) is 45.8 Å². The Bertz CT molecular complexity index is 111. The molecule has 3 atom stereocenters. The third-order valence-electron chi connectivity index (χ3n) is 1.51. The zero-order valence-corrected chi connectivity index (χ0v) is 5.56. The number of aliphatic hydroxyl groups is 1. The Hall–Kier alpha value is 0.00987. The summed E-state index contributed by atoms with van der Waals surface area (Å²) >= 11 is 0. The lowest BCUT2D eigenvalue weighted by Gasteiger charge is -2.12. The fourth-order valence-electron chi connectivity index (χ4n) is 1.01. The Labute approximate surface area is 62.6 Å². The lowest BCUT2D eigenvalue weighted by Crippen LogP contribution is -2.26. The van der Waals surface area contributed by atoms with Crippen molar-refractivity contribution < 1.29 is 14.5 Å². The molecule has 0 aromatic carbocycles. The molecule has 0 aromatic heterocycles. The number of rotatable bonds is 2. The Morgan fingerprint density at radius 2 is 2.40 bits per heavy atom. The van der Waals surface area contributed by atoms with Crippen LogP contribution in [-0.2, 0) is 9.39 Å². The summed E-state index contributed by atoms with van der Waals surface area (Å²) in [5.74, 6) is 0. The summed E-state index contributed by atoms with van der Waals surface area (Å²) in [4.78, 5) is 0. The normalized spacial score (nSPS) is 40.3. The summed E-state index contributed by atoms with van der Waals surface area (Å²) < 4.78 is 9.34. The van der Waals surface area contributed by atoms with E-state index in [0.29, 0.717) is 6.42 Å². The largest absolute Gasteiger partial charge is 0.445 e. The minimum Gasteiger partial charge on any atom is -0.445 e. The standard InChI is InChI=1S/C5H8B2O3/c6-5-1-3(8)4(10-5)2-9-7/h3-5,8H,1-2H2. The minimum atomic E-state index is -0.543. The molecule has 0 spiro atoms. The summed E-state index contributed by atoms with van der Waals surface area (Å²) in [6.07, 6.45) is -0.452. The average Bonchev–Trinajstić information content (AvgIpc) is 2.13. The van der Waals surface area contributed by atoms with Gasteiger partial charge in [-0.05, 0) is 6.42 Å². The van der Waals surface area contributed by atoms with Crippen molar-refractivity contribution >= 4 is 15.9 Å². The van der Waals surface area contributed by atoms with E-state index in [1.165, 1.54) is 0 Å². The van der Waals surface area contributed by atoms with Gasteiger partial charge in [-0.2, -0.15) is 0 Å². The van der Waals surface area contributed by atoms with Crippen LogP contribution in [0, 0.1) is 0 Å². The molecule has 3 nitrogen and oxygen atoms in total. The van der Waals surface area contributed by atoms with E-state index in [1.807, 2.05) is 0 Å². The third kappa shape index (κ3) is 1.75. The second kappa shape index (κ2) is 3.42. The molecule has 1 aliphatic rings. The van der Waals surface area contributed by atoms with E-state index in [2.05, 4.69) is 4.65 Å². The van der Waals surface area contributed by atoms with E-state index in [-0.39, 0.29) is 18.7 Å². The predicted octanol–water partition coefficient (Wildman–Crippen LogP) is -1.27. The highest BCUT2D eigenvalue weighted by molar-refractivity contribution is 6.11. The van der Waals surface area contributed by atoms with Gasteiger partial charge >= 0.3 is 0 Å². The van der Waals surface area contributed by atoms with Crippen molar-refractivity contribution in [1.29, 1.82) is 0 Å². The van der Waals surface area contributed by atoms with E-state index in [1.54, 1.807) is 0 Å². The molecule has 1 N–H and O–H groups in total. The van der Waals surface area contributed by atoms with Crippen LogP contribution in [0.25, 0.3) is 0 Å². The van der Waals surface area contributed by atoms with Crippen molar-refractivity contribution in [1.82, 2.24) is 0 Å². The lowest BCUT2D eigenvalue weighted by atomic mass is 9.96. The van der Waals surface area contributed by atoms with Crippen LogP contribution in [0.5, 0.6) is 0 Å². The van der Waals surface area contributed by atoms with Gasteiger partial charge in [-0.15, -0.1) is 0 Å². The summed E-state index contributed by atoms with van der Waals surface area (Å²) in [6.45, 7) is 0.189. The van der Waals surface area contributed by atoms with Crippen molar-refractivity contribution in [3.8, 4) is 0 Å².